The van der Waals surface area contributed by atoms with Gasteiger partial charge in [-0.3, -0.25) is 14.4 Å². The Hall–Kier alpha value is -1.83. The molecule has 124 valence electrons. The van der Waals surface area contributed by atoms with Crippen LogP contribution in [0.1, 0.15) is 16.8 Å². The molecule has 1 atom stereocenters. The summed E-state index contributed by atoms with van der Waals surface area (Å²) in [7, 11) is 0. The molecule has 2 heterocycles. The van der Waals surface area contributed by atoms with E-state index in [2.05, 4.69) is 4.99 Å². The highest BCUT2D eigenvalue weighted by molar-refractivity contribution is 8.15. The van der Waals surface area contributed by atoms with Crippen molar-refractivity contribution >= 4 is 57.7 Å². The Morgan fingerprint density at radius 3 is 2.71 bits per heavy atom. The molecule has 0 aromatic heterocycles. The zero-order valence-electron chi connectivity index (χ0n) is 12.0. The summed E-state index contributed by atoms with van der Waals surface area (Å²) < 4.78 is 4.93. The smallest absolute Gasteiger partial charge is 0.320 e. The fourth-order valence-electron chi connectivity index (χ4n) is 2.38. The quantitative estimate of drug-likeness (QED) is 0.632. The summed E-state index contributed by atoms with van der Waals surface area (Å²) in [4.78, 5) is 39.6. The number of rotatable bonds is 4. The topological polar surface area (TPSA) is 98.8 Å². The molecule has 3 rings (SSSR count). The zero-order chi connectivity index (χ0) is 17.4. The van der Waals surface area contributed by atoms with Gasteiger partial charge < -0.3 is 10.5 Å². The highest BCUT2D eigenvalue weighted by Gasteiger charge is 2.40. The first kappa shape index (κ1) is 17.0. The number of hydrogen-bond acceptors (Lipinski definition) is 6. The van der Waals surface area contributed by atoms with E-state index in [1.165, 1.54) is 30.0 Å². The summed E-state index contributed by atoms with van der Waals surface area (Å²) in [6.07, 6.45) is -0.166. The molecule has 0 spiro atoms. The van der Waals surface area contributed by atoms with Crippen LogP contribution in [0.5, 0.6) is 0 Å². The van der Waals surface area contributed by atoms with Gasteiger partial charge in [-0.05, 0) is 18.2 Å². The highest BCUT2D eigenvalue weighted by atomic mass is 35.5. The fraction of sp³-hybridized carbons (Fsp3) is 0.200. The van der Waals surface area contributed by atoms with Gasteiger partial charge in [-0.15, -0.1) is 0 Å². The fourth-order valence-corrected chi connectivity index (χ4v) is 3.57. The minimum atomic E-state index is -0.899. The number of halogens is 2. The van der Waals surface area contributed by atoms with E-state index in [9.17, 15) is 14.4 Å². The second kappa shape index (κ2) is 6.58. The van der Waals surface area contributed by atoms with Crippen LogP contribution in [0.3, 0.4) is 0 Å². The average Bonchev–Trinajstić information content (AvgIpc) is 3.05. The van der Waals surface area contributed by atoms with E-state index in [4.69, 9.17) is 33.7 Å². The number of cyclic esters (lactones) is 1. The number of esters is 1. The maximum absolute atomic E-state index is 12.5. The Morgan fingerprint density at radius 1 is 1.33 bits per heavy atom. The molecule has 24 heavy (non-hydrogen) atoms. The van der Waals surface area contributed by atoms with Gasteiger partial charge in [0.2, 0.25) is 5.88 Å². The number of nitrogens with zero attached hydrogens (tertiary/aromatic N) is 1. The van der Waals surface area contributed by atoms with E-state index < -0.39 is 11.9 Å². The number of thioether (sulfide) groups is 1. The van der Waals surface area contributed by atoms with Crippen LogP contribution in [0, 0.1) is 5.92 Å². The van der Waals surface area contributed by atoms with Crippen molar-refractivity contribution in [2.75, 3.05) is 5.75 Å². The summed E-state index contributed by atoms with van der Waals surface area (Å²) in [6, 6.07) is 4.46. The predicted molar refractivity (Wildman–Crippen MR) is 91.1 cm³/mol. The molecule has 1 amide bonds. The molecule has 0 fully saturated rings. The first-order valence-electron chi connectivity index (χ1n) is 6.81. The van der Waals surface area contributed by atoms with Crippen molar-refractivity contribution in [3.05, 3.63) is 45.3 Å². The van der Waals surface area contributed by atoms with Gasteiger partial charge in [0.05, 0.1) is 27.3 Å². The summed E-state index contributed by atoms with van der Waals surface area (Å²) in [5.74, 6) is -2.12. The van der Waals surface area contributed by atoms with Crippen LogP contribution >= 0.6 is 35.0 Å². The van der Waals surface area contributed by atoms with Gasteiger partial charge >= 0.3 is 5.97 Å². The van der Waals surface area contributed by atoms with E-state index in [-0.39, 0.29) is 34.8 Å². The molecule has 2 aliphatic heterocycles. The molecular weight excluding hydrogens is 375 g/mol. The van der Waals surface area contributed by atoms with Gasteiger partial charge in [0.25, 0.3) is 5.91 Å². The number of Topliss-reactive ketones (excluding diaryl/α,β-unsaturated/α-hetero) is 1. The molecule has 1 aromatic carbocycles. The SMILES string of the molecule is NC1=C(C2=NC(=O)CS2)C(CC(=O)c2ccc(Cl)c(Cl)c2)C(=O)O1. The van der Waals surface area contributed by atoms with Crippen LogP contribution in [-0.4, -0.2) is 28.5 Å². The lowest BCUT2D eigenvalue weighted by molar-refractivity contribution is -0.140. The maximum Gasteiger partial charge on any atom is 0.320 e. The molecule has 1 unspecified atom stereocenters. The number of carbonyl (C=O) groups excluding carboxylic acids is 3. The second-order valence-electron chi connectivity index (χ2n) is 5.11. The van der Waals surface area contributed by atoms with Gasteiger partial charge in [0.1, 0.15) is 5.04 Å². The minimum absolute atomic E-state index is 0.118. The lowest BCUT2D eigenvalue weighted by Crippen LogP contribution is -2.19. The molecule has 1 aromatic rings. The van der Waals surface area contributed by atoms with Crippen LogP contribution in [0.25, 0.3) is 0 Å². The van der Waals surface area contributed by atoms with E-state index in [1.54, 1.807) is 0 Å². The Morgan fingerprint density at radius 2 is 2.08 bits per heavy atom. The van der Waals surface area contributed by atoms with E-state index in [1.807, 2.05) is 0 Å². The van der Waals surface area contributed by atoms with Crippen molar-refractivity contribution in [2.45, 2.75) is 6.42 Å². The van der Waals surface area contributed by atoms with Crippen molar-refractivity contribution < 1.29 is 19.1 Å². The summed E-state index contributed by atoms with van der Waals surface area (Å²) in [6.45, 7) is 0. The monoisotopic (exact) mass is 384 g/mol. The van der Waals surface area contributed by atoms with Gasteiger partial charge in [-0.25, -0.2) is 4.99 Å². The van der Waals surface area contributed by atoms with E-state index >= 15 is 0 Å². The van der Waals surface area contributed by atoms with Crippen LogP contribution in [0.2, 0.25) is 10.0 Å². The Labute approximate surface area is 151 Å². The number of nitrogens with two attached hydrogens (primary N) is 1. The van der Waals surface area contributed by atoms with Crippen molar-refractivity contribution in [3.8, 4) is 0 Å². The maximum atomic E-state index is 12.5. The number of carbonyl (C=O) groups is 3. The zero-order valence-corrected chi connectivity index (χ0v) is 14.4. The Balaban J connectivity index is 1.86. The van der Waals surface area contributed by atoms with Gasteiger partial charge in [0.15, 0.2) is 5.78 Å². The van der Waals surface area contributed by atoms with Crippen LogP contribution in [0.4, 0.5) is 0 Å². The first-order chi connectivity index (χ1) is 11.4. The second-order valence-corrected chi connectivity index (χ2v) is 6.89. The van der Waals surface area contributed by atoms with Crippen LogP contribution in [0.15, 0.2) is 34.6 Å². The molecule has 0 radical (unpaired) electrons. The molecule has 2 aliphatic rings. The van der Waals surface area contributed by atoms with Gasteiger partial charge in [-0.2, -0.15) is 0 Å². The predicted octanol–water partition coefficient (Wildman–Crippen LogP) is 2.58. The normalized spacial score (nSPS) is 20.4. The summed E-state index contributed by atoms with van der Waals surface area (Å²) >= 11 is 12.9. The molecule has 2 N–H and O–H groups in total. The summed E-state index contributed by atoms with van der Waals surface area (Å²) in [5.41, 5.74) is 6.34. The third kappa shape index (κ3) is 3.19. The van der Waals surface area contributed by atoms with Crippen molar-refractivity contribution in [2.24, 2.45) is 16.6 Å². The number of amides is 1. The number of hydrogen-bond donors (Lipinski definition) is 1. The Kier molecular flexibility index (Phi) is 4.67. The lowest BCUT2D eigenvalue weighted by atomic mass is 9.93. The van der Waals surface area contributed by atoms with Gasteiger partial charge in [-0.1, -0.05) is 35.0 Å². The van der Waals surface area contributed by atoms with Crippen LogP contribution in [-0.2, 0) is 14.3 Å². The van der Waals surface area contributed by atoms with Crippen molar-refractivity contribution in [1.82, 2.24) is 0 Å². The third-order valence-corrected chi connectivity index (χ3v) is 5.24. The lowest BCUT2D eigenvalue weighted by Gasteiger charge is -2.10. The Bertz CT molecular complexity index is 835. The number of aliphatic imine (C=N–C) groups is 1. The molecule has 0 aliphatic carbocycles. The van der Waals surface area contributed by atoms with E-state index in [0.29, 0.717) is 21.2 Å². The number of ether oxygens (including phenoxy) is 1. The summed E-state index contributed by atoms with van der Waals surface area (Å²) in [5, 5.41) is 0.900. The third-order valence-electron chi connectivity index (χ3n) is 3.53. The standard InChI is InChI=1S/C15H10Cl2N2O4S/c16-8-2-1-6(3-9(8)17)10(20)4-7-12(13(18)23-15(7)22)14-19-11(21)5-24-14/h1-3,7H,4-5,18H2. The number of ketones is 1. The molecule has 0 saturated heterocycles. The van der Waals surface area contributed by atoms with Crippen molar-refractivity contribution in [3.63, 3.8) is 0 Å². The molecule has 6 nitrogen and oxygen atoms in total. The largest absolute Gasteiger partial charge is 0.409 e. The molecule has 0 bridgehead atoms. The minimum Gasteiger partial charge on any atom is -0.409 e. The van der Waals surface area contributed by atoms with Gasteiger partial charge in [0, 0.05) is 12.0 Å². The molecule has 9 heteroatoms. The van der Waals surface area contributed by atoms with E-state index in [0.717, 1.165) is 0 Å². The molecule has 0 saturated carbocycles. The van der Waals surface area contributed by atoms with Crippen molar-refractivity contribution in [1.29, 1.82) is 0 Å². The average molecular weight is 385 g/mol. The first-order valence-corrected chi connectivity index (χ1v) is 8.55. The number of benzene rings is 1. The highest BCUT2D eigenvalue weighted by Crippen LogP contribution is 2.35. The molecular formula is C15H10Cl2N2O4S. The van der Waals surface area contributed by atoms with Crippen LogP contribution < -0.4 is 5.73 Å².